The van der Waals surface area contributed by atoms with Gasteiger partial charge in [-0.05, 0) is 6.92 Å². The van der Waals surface area contributed by atoms with Crippen LogP contribution in [0.2, 0.25) is 0 Å². The maximum atomic E-state index is 7.50. The van der Waals surface area contributed by atoms with Crippen molar-refractivity contribution in [1.82, 2.24) is 14.2 Å². The van der Waals surface area contributed by atoms with E-state index in [4.69, 9.17) is 17.6 Å². The zero-order valence-electron chi connectivity index (χ0n) is 8.36. The fourth-order valence-corrected chi connectivity index (χ4v) is 1.67. The third-order valence-corrected chi connectivity index (χ3v) is 2.25. The van der Waals surface area contributed by atoms with Crippen LogP contribution in [0, 0.1) is 24.7 Å². The van der Waals surface area contributed by atoms with E-state index in [2.05, 4.69) is 11.0 Å². The first-order valence-electron chi connectivity index (χ1n) is 4.47. The van der Waals surface area contributed by atoms with Gasteiger partial charge >= 0.3 is 0 Å². The first-order valence-corrected chi connectivity index (χ1v) is 4.47. The number of aryl methyl sites for hydroxylation is 1. The average Bonchev–Trinajstić information content (AvgIpc) is 2.65. The minimum Gasteiger partial charge on any atom is -0.384 e. The number of fused-ring (bicyclic) bond motifs is 1. The van der Waals surface area contributed by atoms with Gasteiger partial charge in [0.2, 0.25) is 0 Å². The van der Waals surface area contributed by atoms with Crippen LogP contribution in [0.5, 0.6) is 0 Å². The van der Waals surface area contributed by atoms with Crippen molar-refractivity contribution in [3.05, 3.63) is 23.7 Å². The van der Waals surface area contributed by atoms with Gasteiger partial charge in [0.05, 0.1) is 17.8 Å². The minimum atomic E-state index is 0.0134. The molecule has 2 heterocycles. The van der Waals surface area contributed by atoms with E-state index < -0.39 is 0 Å². The van der Waals surface area contributed by atoms with Crippen LogP contribution in [-0.2, 0) is 6.54 Å². The van der Waals surface area contributed by atoms with Gasteiger partial charge in [-0.1, -0.05) is 5.92 Å². The fourth-order valence-electron chi connectivity index (χ4n) is 1.67. The molecule has 76 valence electrons. The molecule has 0 radical (unpaired) electrons. The number of nitrogen functional groups attached to an aromatic ring is 1. The van der Waals surface area contributed by atoms with Crippen LogP contribution in [-0.4, -0.2) is 20.0 Å². The molecule has 15 heavy (non-hydrogen) atoms. The smallest absolute Gasteiger partial charge is 0.147 e. The lowest BCUT2D eigenvalue weighted by Crippen LogP contribution is -2.13. The van der Waals surface area contributed by atoms with Gasteiger partial charge in [0.25, 0.3) is 0 Å². The SMILES string of the molecule is C#CCn1ccn2nc(C)c(C(=N)N)c12. The molecule has 0 unspecified atom stereocenters. The quantitative estimate of drug-likeness (QED) is 0.418. The first kappa shape index (κ1) is 9.34. The second kappa shape index (κ2) is 3.17. The number of rotatable bonds is 2. The third-order valence-electron chi connectivity index (χ3n) is 2.25. The Hall–Kier alpha value is -2.22. The van der Waals surface area contributed by atoms with E-state index in [-0.39, 0.29) is 5.84 Å². The number of terminal acetylenes is 1. The maximum Gasteiger partial charge on any atom is 0.147 e. The van der Waals surface area contributed by atoms with Crippen LogP contribution in [0.15, 0.2) is 12.4 Å². The number of hydrogen-bond donors (Lipinski definition) is 2. The van der Waals surface area contributed by atoms with Gasteiger partial charge in [0.15, 0.2) is 0 Å². The highest BCUT2D eigenvalue weighted by Gasteiger charge is 2.15. The Morgan fingerprint density at radius 3 is 3.00 bits per heavy atom. The predicted octanol–water partition coefficient (Wildman–Crippen LogP) is 0.361. The molecular weight excluding hydrogens is 190 g/mol. The van der Waals surface area contributed by atoms with Crippen molar-refractivity contribution < 1.29 is 0 Å². The minimum absolute atomic E-state index is 0.0134. The molecule has 0 aliphatic heterocycles. The van der Waals surface area contributed by atoms with Crippen LogP contribution < -0.4 is 5.73 Å². The summed E-state index contributed by atoms with van der Waals surface area (Å²) in [6.45, 7) is 2.27. The average molecular weight is 201 g/mol. The molecule has 5 nitrogen and oxygen atoms in total. The first-order chi connectivity index (χ1) is 7.15. The Morgan fingerprint density at radius 1 is 1.67 bits per heavy atom. The van der Waals surface area contributed by atoms with E-state index in [1.165, 1.54) is 0 Å². The van der Waals surface area contributed by atoms with Crippen molar-refractivity contribution >= 4 is 11.5 Å². The maximum absolute atomic E-state index is 7.50. The van der Waals surface area contributed by atoms with Crippen molar-refractivity contribution in [2.75, 3.05) is 0 Å². The van der Waals surface area contributed by atoms with Crippen molar-refractivity contribution in [2.45, 2.75) is 13.5 Å². The standard InChI is InChI=1S/C10H11N5/c1-3-4-14-5-6-15-10(14)8(9(11)12)7(2)13-15/h1,5-6H,4H2,2H3,(H3,11,12). The van der Waals surface area contributed by atoms with Crippen LogP contribution in [0.25, 0.3) is 5.65 Å². The van der Waals surface area contributed by atoms with E-state index in [1.807, 2.05) is 17.7 Å². The zero-order chi connectivity index (χ0) is 11.0. The van der Waals surface area contributed by atoms with Gasteiger partial charge in [0, 0.05) is 12.4 Å². The summed E-state index contributed by atoms with van der Waals surface area (Å²) in [6, 6.07) is 0. The number of amidine groups is 1. The molecule has 2 aromatic heterocycles. The van der Waals surface area contributed by atoms with Gasteiger partial charge in [-0.25, -0.2) is 4.52 Å². The number of nitrogens with one attached hydrogen (secondary N) is 1. The molecule has 2 rings (SSSR count). The normalized spacial score (nSPS) is 10.4. The molecule has 0 aromatic carbocycles. The number of hydrogen-bond acceptors (Lipinski definition) is 2. The largest absolute Gasteiger partial charge is 0.384 e. The molecule has 0 saturated carbocycles. The van der Waals surface area contributed by atoms with Gasteiger partial charge in [-0.15, -0.1) is 6.42 Å². The number of imidazole rings is 1. The van der Waals surface area contributed by atoms with E-state index in [0.717, 1.165) is 11.3 Å². The summed E-state index contributed by atoms with van der Waals surface area (Å²) in [4.78, 5) is 0. The van der Waals surface area contributed by atoms with E-state index in [9.17, 15) is 0 Å². The van der Waals surface area contributed by atoms with Crippen molar-refractivity contribution in [1.29, 1.82) is 5.41 Å². The fraction of sp³-hybridized carbons (Fsp3) is 0.200. The molecule has 5 heteroatoms. The van der Waals surface area contributed by atoms with Crippen LogP contribution in [0.3, 0.4) is 0 Å². The second-order valence-electron chi connectivity index (χ2n) is 3.27. The molecule has 0 saturated heterocycles. The zero-order valence-corrected chi connectivity index (χ0v) is 8.36. The summed E-state index contributed by atoms with van der Waals surface area (Å²) in [5, 5.41) is 11.7. The van der Waals surface area contributed by atoms with E-state index in [1.54, 1.807) is 10.7 Å². The molecule has 3 N–H and O–H groups in total. The molecule has 2 aromatic rings. The summed E-state index contributed by atoms with van der Waals surface area (Å²) in [5.41, 5.74) is 7.68. The van der Waals surface area contributed by atoms with Crippen LogP contribution in [0.4, 0.5) is 0 Å². The molecule has 0 aliphatic rings. The van der Waals surface area contributed by atoms with Gasteiger partial charge in [-0.2, -0.15) is 5.10 Å². The Morgan fingerprint density at radius 2 is 2.40 bits per heavy atom. The van der Waals surface area contributed by atoms with Crippen molar-refractivity contribution in [3.8, 4) is 12.3 Å². The number of aromatic nitrogens is 3. The molecular formula is C10H11N5. The van der Waals surface area contributed by atoms with Gasteiger partial charge in [0.1, 0.15) is 11.5 Å². The van der Waals surface area contributed by atoms with Crippen LogP contribution in [0.1, 0.15) is 11.3 Å². The predicted molar refractivity (Wildman–Crippen MR) is 57.8 cm³/mol. The summed E-state index contributed by atoms with van der Waals surface area (Å²) in [6.07, 6.45) is 8.88. The molecule has 0 atom stereocenters. The summed E-state index contributed by atoms with van der Waals surface area (Å²) in [7, 11) is 0. The van der Waals surface area contributed by atoms with Crippen molar-refractivity contribution in [2.24, 2.45) is 5.73 Å². The lowest BCUT2D eigenvalue weighted by Gasteiger charge is -2.00. The summed E-state index contributed by atoms with van der Waals surface area (Å²) >= 11 is 0. The molecule has 0 spiro atoms. The summed E-state index contributed by atoms with van der Waals surface area (Å²) in [5.74, 6) is 2.56. The van der Waals surface area contributed by atoms with E-state index >= 15 is 0 Å². The van der Waals surface area contributed by atoms with Gasteiger partial charge < -0.3 is 10.3 Å². The summed E-state index contributed by atoms with van der Waals surface area (Å²) < 4.78 is 3.53. The van der Waals surface area contributed by atoms with Crippen molar-refractivity contribution in [3.63, 3.8) is 0 Å². The highest BCUT2D eigenvalue weighted by atomic mass is 15.3. The molecule has 0 bridgehead atoms. The molecule has 0 amide bonds. The molecule has 0 aliphatic carbocycles. The Bertz CT molecular complexity index is 566. The lowest BCUT2D eigenvalue weighted by molar-refractivity contribution is 0.867. The topological polar surface area (TPSA) is 72.1 Å². The van der Waals surface area contributed by atoms with Gasteiger partial charge in [-0.3, -0.25) is 5.41 Å². The third kappa shape index (κ3) is 1.27. The van der Waals surface area contributed by atoms with E-state index in [0.29, 0.717) is 12.1 Å². The van der Waals surface area contributed by atoms with Crippen LogP contribution >= 0.6 is 0 Å². The monoisotopic (exact) mass is 201 g/mol. The highest BCUT2D eigenvalue weighted by molar-refractivity contribution is 6.01. The number of nitrogens with two attached hydrogens (primary N) is 1. The Balaban J connectivity index is 2.76. The highest BCUT2D eigenvalue weighted by Crippen LogP contribution is 2.15. The Labute approximate surface area is 87.0 Å². The Kier molecular flexibility index (Phi) is 1.97. The lowest BCUT2D eigenvalue weighted by atomic mass is 10.2. The molecule has 0 fully saturated rings. The second-order valence-corrected chi connectivity index (χ2v) is 3.27. The number of nitrogens with zero attached hydrogens (tertiary/aromatic N) is 3.